The number of hydrogen-bond acceptors (Lipinski definition) is 6. The van der Waals surface area contributed by atoms with E-state index in [4.69, 9.17) is 22.3 Å². The van der Waals surface area contributed by atoms with Gasteiger partial charge in [-0.25, -0.2) is 16.8 Å². The van der Waals surface area contributed by atoms with Crippen molar-refractivity contribution < 1.29 is 26.3 Å². The van der Waals surface area contributed by atoms with Gasteiger partial charge < -0.3 is 9.47 Å². The molecular weight excluding hydrogens is 292 g/mol. The third kappa shape index (κ3) is 5.21. The normalized spacial score (nSPS) is 23.7. The molecule has 2 atom stereocenters. The highest BCUT2D eigenvalue weighted by molar-refractivity contribution is 7.92. The van der Waals surface area contributed by atoms with Crippen LogP contribution >= 0.6 is 0 Å². The van der Waals surface area contributed by atoms with Crippen molar-refractivity contribution >= 4 is 19.7 Å². The van der Waals surface area contributed by atoms with Gasteiger partial charge in [-0.05, 0) is 0 Å². The van der Waals surface area contributed by atoms with Crippen molar-refractivity contribution in [3.05, 3.63) is 0 Å². The summed E-state index contributed by atoms with van der Waals surface area (Å²) in [6.45, 7) is -0.146. The predicted molar refractivity (Wildman–Crippen MR) is 69.6 cm³/mol. The topological polar surface area (TPSA) is 86.7 Å². The SMILES string of the molecule is C#CCS(=O)(=O)CC1OCOC1CS(=O)(=O)CC#C. The van der Waals surface area contributed by atoms with Crippen molar-refractivity contribution in [3.63, 3.8) is 0 Å². The monoisotopic (exact) mass is 306 g/mol. The molecule has 0 radical (unpaired) electrons. The van der Waals surface area contributed by atoms with E-state index in [-0.39, 0.29) is 18.3 Å². The van der Waals surface area contributed by atoms with Crippen LogP contribution in [0.1, 0.15) is 0 Å². The molecule has 0 amide bonds. The smallest absolute Gasteiger partial charge is 0.164 e. The molecule has 0 saturated carbocycles. The van der Waals surface area contributed by atoms with Crippen molar-refractivity contribution in [1.29, 1.82) is 0 Å². The summed E-state index contributed by atoms with van der Waals surface area (Å²) in [5.74, 6) is 2.50. The van der Waals surface area contributed by atoms with Gasteiger partial charge in [-0.3, -0.25) is 0 Å². The zero-order chi connectivity index (χ0) is 14.5. The molecule has 1 aliphatic heterocycles. The maximum Gasteiger partial charge on any atom is 0.164 e. The molecule has 0 N–H and O–H groups in total. The van der Waals surface area contributed by atoms with Crippen LogP contribution < -0.4 is 0 Å². The summed E-state index contributed by atoms with van der Waals surface area (Å²) in [5, 5.41) is 0. The van der Waals surface area contributed by atoms with Crippen LogP contribution in [-0.2, 0) is 29.1 Å². The van der Waals surface area contributed by atoms with Gasteiger partial charge in [0.1, 0.15) is 30.5 Å². The molecule has 0 aromatic rings. The van der Waals surface area contributed by atoms with Crippen LogP contribution in [0.4, 0.5) is 0 Å². The minimum Gasteiger partial charge on any atom is -0.348 e. The van der Waals surface area contributed by atoms with E-state index in [0.29, 0.717) is 0 Å². The minimum atomic E-state index is -3.49. The van der Waals surface area contributed by atoms with Crippen molar-refractivity contribution in [3.8, 4) is 24.7 Å². The first-order chi connectivity index (χ1) is 8.79. The average Bonchev–Trinajstić information content (AvgIpc) is 2.63. The summed E-state index contributed by atoms with van der Waals surface area (Å²) in [6, 6.07) is 0. The van der Waals surface area contributed by atoms with Crippen molar-refractivity contribution in [2.24, 2.45) is 0 Å². The lowest BCUT2D eigenvalue weighted by Gasteiger charge is -2.15. The van der Waals surface area contributed by atoms with Crippen LogP contribution in [0.25, 0.3) is 0 Å². The van der Waals surface area contributed by atoms with E-state index in [9.17, 15) is 16.8 Å². The van der Waals surface area contributed by atoms with Crippen molar-refractivity contribution in [1.82, 2.24) is 0 Å². The van der Waals surface area contributed by atoms with Gasteiger partial charge >= 0.3 is 0 Å². The molecular formula is C11H14O6S2. The lowest BCUT2D eigenvalue weighted by Crippen LogP contribution is -2.36. The summed E-state index contributed by atoms with van der Waals surface area (Å²) in [5.41, 5.74) is 0. The maximum absolute atomic E-state index is 11.6. The van der Waals surface area contributed by atoms with Crippen LogP contribution in [0.2, 0.25) is 0 Å². The fourth-order valence-corrected chi connectivity index (χ4v) is 3.98. The number of terminal acetylenes is 2. The lowest BCUT2D eigenvalue weighted by molar-refractivity contribution is 0.0440. The van der Waals surface area contributed by atoms with Gasteiger partial charge in [0.2, 0.25) is 0 Å². The van der Waals surface area contributed by atoms with Gasteiger partial charge in [0.25, 0.3) is 0 Å². The predicted octanol–water partition coefficient (Wildman–Crippen LogP) is -1.18. The summed E-state index contributed by atoms with van der Waals surface area (Å²) < 4.78 is 56.4. The van der Waals surface area contributed by atoms with Crippen LogP contribution in [0, 0.1) is 24.7 Å². The first-order valence-corrected chi connectivity index (χ1v) is 8.95. The Hall–Kier alpha value is -1.06. The lowest BCUT2D eigenvalue weighted by atomic mass is 10.3. The van der Waals surface area contributed by atoms with Crippen LogP contribution in [0.3, 0.4) is 0 Å². The number of sulfone groups is 2. The molecule has 19 heavy (non-hydrogen) atoms. The Bertz CT molecular complexity index is 536. The Morgan fingerprint density at radius 2 is 1.26 bits per heavy atom. The average molecular weight is 306 g/mol. The summed E-state index contributed by atoms with van der Waals surface area (Å²) in [4.78, 5) is 0. The molecule has 0 aromatic carbocycles. The number of rotatable bonds is 6. The highest BCUT2D eigenvalue weighted by atomic mass is 32.2. The van der Waals surface area contributed by atoms with Gasteiger partial charge in [-0.2, -0.15) is 0 Å². The second-order valence-electron chi connectivity index (χ2n) is 4.05. The van der Waals surface area contributed by atoms with Crippen molar-refractivity contribution in [2.75, 3.05) is 29.8 Å². The molecule has 1 heterocycles. The minimum absolute atomic E-state index is 0.146. The van der Waals surface area contributed by atoms with E-state index in [2.05, 4.69) is 0 Å². The van der Waals surface area contributed by atoms with E-state index in [0.717, 1.165) is 0 Å². The quantitative estimate of drug-likeness (QED) is 0.574. The van der Waals surface area contributed by atoms with Crippen LogP contribution in [0.15, 0.2) is 0 Å². The van der Waals surface area contributed by atoms with Crippen LogP contribution in [-0.4, -0.2) is 58.8 Å². The Labute approximate surface area is 113 Å². The standard InChI is InChI=1S/C11H14O6S2/c1-3-5-18(12,13)7-10-11(17-9-16-10)8-19(14,15)6-4-2/h1-2,10-11H,5-9H2. The molecule has 0 bridgehead atoms. The third-order valence-corrected chi connectivity index (χ3v) is 5.31. The summed E-state index contributed by atoms with van der Waals surface area (Å²) in [7, 11) is -6.98. The molecule has 0 spiro atoms. The van der Waals surface area contributed by atoms with Crippen molar-refractivity contribution in [2.45, 2.75) is 12.2 Å². The Balaban J connectivity index is 2.71. The zero-order valence-corrected chi connectivity index (χ0v) is 11.7. The molecule has 106 valence electrons. The molecule has 8 heteroatoms. The molecule has 1 aliphatic rings. The Morgan fingerprint density at radius 3 is 1.58 bits per heavy atom. The van der Waals surface area contributed by atoms with E-state index < -0.39 is 43.4 Å². The molecule has 0 aromatic heterocycles. The van der Waals surface area contributed by atoms with E-state index in [1.165, 1.54) is 0 Å². The first-order valence-electron chi connectivity index (χ1n) is 5.30. The highest BCUT2D eigenvalue weighted by Gasteiger charge is 2.36. The Kier molecular flexibility index (Phi) is 5.39. The van der Waals surface area contributed by atoms with Gasteiger partial charge in [-0.1, -0.05) is 11.8 Å². The first kappa shape index (κ1) is 16.0. The second kappa shape index (κ2) is 6.40. The van der Waals surface area contributed by atoms with Gasteiger partial charge in [-0.15, -0.1) is 12.8 Å². The van der Waals surface area contributed by atoms with Crippen LogP contribution in [0.5, 0.6) is 0 Å². The van der Waals surface area contributed by atoms with E-state index in [1.54, 1.807) is 0 Å². The van der Waals surface area contributed by atoms with E-state index >= 15 is 0 Å². The van der Waals surface area contributed by atoms with Gasteiger partial charge in [0.05, 0.1) is 11.5 Å². The second-order valence-corrected chi connectivity index (χ2v) is 8.26. The number of hydrogen-bond donors (Lipinski definition) is 0. The fourth-order valence-electron chi connectivity index (χ4n) is 1.61. The van der Waals surface area contributed by atoms with Gasteiger partial charge in [0, 0.05) is 0 Å². The maximum atomic E-state index is 11.6. The van der Waals surface area contributed by atoms with Gasteiger partial charge in [0.15, 0.2) is 19.7 Å². The highest BCUT2D eigenvalue weighted by Crippen LogP contribution is 2.17. The molecule has 0 aliphatic carbocycles. The summed E-state index contributed by atoms with van der Waals surface area (Å²) in [6.07, 6.45) is 8.21. The molecule has 1 fully saturated rings. The largest absolute Gasteiger partial charge is 0.348 e. The number of ether oxygens (including phenoxy) is 2. The molecule has 1 saturated heterocycles. The third-order valence-electron chi connectivity index (χ3n) is 2.42. The molecule has 1 rings (SSSR count). The van der Waals surface area contributed by atoms with E-state index in [1.807, 2.05) is 11.8 Å². The molecule has 6 nitrogen and oxygen atoms in total. The zero-order valence-electron chi connectivity index (χ0n) is 10.1. The molecule has 2 unspecified atom stereocenters. The summed E-state index contributed by atoms with van der Waals surface area (Å²) >= 11 is 0. The Morgan fingerprint density at radius 1 is 0.895 bits per heavy atom. The fraction of sp³-hybridized carbons (Fsp3) is 0.636.